The molecule has 0 spiro atoms. The minimum atomic E-state index is 0.595. The summed E-state index contributed by atoms with van der Waals surface area (Å²) in [5.74, 6) is 2.06. The number of imidazole rings is 2. The molecular weight excluding hydrogens is 496 g/mol. The lowest BCUT2D eigenvalue weighted by atomic mass is 10.0. The molecular formula is C32H34N8. The number of H-pyrrole nitrogens is 2. The first-order chi connectivity index (χ1) is 19.4. The molecule has 0 aliphatic carbocycles. The summed E-state index contributed by atoms with van der Waals surface area (Å²) in [6.45, 7) is 0. The largest absolute Gasteiger partial charge is 0.397 e. The predicted octanol–water partition coefficient (Wildman–Crippen LogP) is 6.45. The van der Waals surface area contributed by atoms with Crippen LogP contribution < -0.4 is 22.9 Å². The van der Waals surface area contributed by atoms with Gasteiger partial charge in [-0.05, 0) is 83.6 Å². The van der Waals surface area contributed by atoms with E-state index in [0.29, 0.717) is 22.7 Å². The molecule has 202 valence electrons. The van der Waals surface area contributed by atoms with Gasteiger partial charge in [0.25, 0.3) is 0 Å². The molecule has 0 saturated heterocycles. The summed E-state index contributed by atoms with van der Waals surface area (Å²) in [7, 11) is 0. The van der Waals surface area contributed by atoms with Crippen LogP contribution in [0, 0.1) is 0 Å². The van der Waals surface area contributed by atoms with Crippen LogP contribution in [0.5, 0.6) is 0 Å². The van der Waals surface area contributed by atoms with Crippen molar-refractivity contribution in [3.05, 3.63) is 84.4 Å². The maximum atomic E-state index is 5.99. The Morgan fingerprint density at radius 3 is 1.27 bits per heavy atom. The number of aryl methyl sites for hydroxylation is 2. The van der Waals surface area contributed by atoms with Crippen molar-refractivity contribution in [3.8, 4) is 22.3 Å². The maximum absolute atomic E-state index is 5.99. The lowest BCUT2D eigenvalue weighted by Crippen LogP contribution is -1.94. The van der Waals surface area contributed by atoms with Crippen LogP contribution >= 0.6 is 0 Å². The summed E-state index contributed by atoms with van der Waals surface area (Å²) >= 11 is 0. The average molecular weight is 531 g/mol. The van der Waals surface area contributed by atoms with Gasteiger partial charge in [0.05, 0.1) is 44.8 Å². The maximum Gasteiger partial charge on any atom is 0.107 e. The van der Waals surface area contributed by atoms with Crippen LogP contribution in [0.15, 0.2) is 72.8 Å². The molecule has 8 nitrogen and oxygen atoms in total. The van der Waals surface area contributed by atoms with Crippen LogP contribution in [0.25, 0.3) is 44.3 Å². The van der Waals surface area contributed by atoms with Crippen LogP contribution in [-0.2, 0) is 12.8 Å². The molecule has 0 aliphatic heterocycles. The molecule has 2 aromatic heterocycles. The fourth-order valence-corrected chi connectivity index (χ4v) is 5.17. The van der Waals surface area contributed by atoms with Crippen molar-refractivity contribution in [1.29, 1.82) is 0 Å². The number of rotatable bonds is 9. The fourth-order valence-electron chi connectivity index (χ4n) is 5.17. The highest BCUT2D eigenvalue weighted by Gasteiger charge is 2.08. The molecule has 0 unspecified atom stereocenters. The highest BCUT2D eigenvalue weighted by Crippen LogP contribution is 2.29. The van der Waals surface area contributed by atoms with E-state index in [0.717, 1.165) is 94.5 Å². The van der Waals surface area contributed by atoms with E-state index in [2.05, 4.69) is 46.4 Å². The van der Waals surface area contributed by atoms with E-state index >= 15 is 0 Å². The van der Waals surface area contributed by atoms with Crippen molar-refractivity contribution in [2.45, 2.75) is 38.5 Å². The molecule has 2 heterocycles. The third kappa shape index (κ3) is 5.29. The zero-order chi connectivity index (χ0) is 27.6. The molecule has 8 heteroatoms. The Morgan fingerprint density at radius 1 is 0.450 bits per heavy atom. The number of hydrogen-bond donors (Lipinski definition) is 6. The van der Waals surface area contributed by atoms with Gasteiger partial charge >= 0.3 is 0 Å². The summed E-state index contributed by atoms with van der Waals surface area (Å²) in [4.78, 5) is 16.5. The molecule has 0 fully saturated rings. The van der Waals surface area contributed by atoms with Crippen LogP contribution in [0.1, 0.15) is 37.3 Å². The van der Waals surface area contributed by atoms with Crippen molar-refractivity contribution < 1.29 is 0 Å². The van der Waals surface area contributed by atoms with Gasteiger partial charge in [-0.1, -0.05) is 37.1 Å². The van der Waals surface area contributed by atoms with Crippen molar-refractivity contribution in [1.82, 2.24) is 19.9 Å². The van der Waals surface area contributed by atoms with Gasteiger partial charge in [0.1, 0.15) is 11.6 Å². The molecule has 4 aromatic carbocycles. The van der Waals surface area contributed by atoms with Crippen molar-refractivity contribution in [3.63, 3.8) is 0 Å². The molecule has 10 N–H and O–H groups in total. The summed E-state index contributed by atoms with van der Waals surface area (Å²) in [6, 6.07) is 24.0. The summed E-state index contributed by atoms with van der Waals surface area (Å²) in [5, 5.41) is 0. The van der Waals surface area contributed by atoms with Gasteiger partial charge in [0.15, 0.2) is 0 Å². The zero-order valence-electron chi connectivity index (χ0n) is 22.4. The van der Waals surface area contributed by atoms with Gasteiger partial charge in [0, 0.05) is 12.8 Å². The zero-order valence-corrected chi connectivity index (χ0v) is 22.4. The van der Waals surface area contributed by atoms with Gasteiger partial charge in [0.2, 0.25) is 0 Å². The number of nitrogens with two attached hydrogens (primary N) is 4. The first-order valence-electron chi connectivity index (χ1n) is 13.7. The molecule has 40 heavy (non-hydrogen) atoms. The Morgan fingerprint density at radius 2 is 0.850 bits per heavy atom. The Hall–Kier alpha value is -4.98. The van der Waals surface area contributed by atoms with Gasteiger partial charge in [-0.3, -0.25) is 0 Å². The van der Waals surface area contributed by atoms with Gasteiger partial charge in [-0.15, -0.1) is 0 Å². The number of nitrogens with zero attached hydrogens (tertiary/aromatic N) is 2. The third-order valence-electron chi connectivity index (χ3n) is 7.48. The Labute approximate surface area is 232 Å². The van der Waals surface area contributed by atoms with E-state index < -0.39 is 0 Å². The molecule has 0 saturated carbocycles. The van der Waals surface area contributed by atoms with Crippen molar-refractivity contribution in [2.75, 3.05) is 22.9 Å². The number of aromatic nitrogens is 4. The van der Waals surface area contributed by atoms with Gasteiger partial charge in [-0.2, -0.15) is 0 Å². The molecule has 0 bridgehead atoms. The van der Waals surface area contributed by atoms with Gasteiger partial charge in [-0.25, -0.2) is 9.97 Å². The topological polar surface area (TPSA) is 161 Å². The van der Waals surface area contributed by atoms with E-state index in [9.17, 15) is 0 Å². The number of unbranched alkanes of at least 4 members (excludes halogenated alkanes) is 3. The van der Waals surface area contributed by atoms with Crippen molar-refractivity contribution >= 4 is 44.8 Å². The van der Waals surface area contributed by atoms with Crippen LogP contribution in [-0.4, -0.2) is 19.9 Å². The second-order valence-electron chi connectivity index (χ2n) is 10.4. The van der Waals surface area contributed by atoms with Crippen LogP contribution in [0.2, 0.25) is 0 Å². The van der Waals surface area contributed by atoms with Crippen molar-refractivity contribution in [2.24, 2.45) is 0 Å². The quantitative estimate of drug-likeness (QED) is 0.0930. The normalized spacial score (nSPS) is 11.5. The number of anilines is 4. The Balaban J connectivity index is 1.00. The fraction of sp³-hybridized carbons (Fsp3) is 0.188. The minimum Gasteiger partial charge on any atom is -0.397 e. The summed E-state index contributed by atoms with van der Waals surface area (Å²) in [6.07, 6.45) is 6.35. The number of aromatic amines is 2. The first-order valence-corrected chi connectivity index (χ1v) is 13.7. The highest BCUT2D eigenvalue weighted by molar-refractivity contribution is 5.85. The smallest absolute Gasteiger partial charge is 0.107 e. The monoisotopic (exact) mass is 530 g/mol. The van der Waals surface area contributed by atoms with Crippen LogP contribution in [0.3, 0.4) is 0 Å². The molecule has 0 radical (unpaired) electrons. The lowest BCUT2D eigenvalue weighted by molar-refractivity contribution is 0.625. The predicted molar refractivity (Wildman–Crippen MR) is 167 cm³/mol. The molecule has 0 aliphatic rings. The van der Waals surface area contributed by atoms with Crippen LogP contribution in [0.4, 0.5) is 22.7 Å². The van der Waals surface area contributed by atoms with E-state index in [1.807, 2.05) is 36.4 Å². The highest BCUT2D eigenvalue weighted by atomic mass is 14.9. The number of nitrogen functional groups attached to an aromatic ring is 4. The number of hydrogen-bond acceptors (Lipinski definition) is 6. The molecule has 0 atom stereocenters. The molecule has 6 aromatic rings. The second kappa shape index (κ2) is 10.6. The molecule has 0 amide bonds. The number of benzene rings is 4. The Kier molecular flexibility index (Phi) is 6.74. The summed E-state index contributed by atoms with van der Waals surface area (Å²) in [5.41, 5.74) is 34.4. The standard InChI is InChI=1S/C32H34N8/c33-23-11-7-19(15-25(23)35)21-9-13-27-29(17-21)39-31(37-27)5-3-1-2-4-6-32-38-28-14-10-22(18-30(28)40-32)20-8-12-24(34)26(36)16-20/h7-18H,1-6,33-36H2,(H,37,39)(H,38,40). The summed E-state index contributed by atoms with van der Waals surface area (Å²) < 4.78 is 0. The lowest BCUT2D eigenvalue weighted by Gasteiger charge is -2.05. The number of nitrogens with one attached hydrogen (secondary N) is 2. The van der Waals surface area contributed by atoms with E-state index in [-0.39, 0.29) is 0 Å². The average Bonchev–Trinajstić information content (AvgIpc) is 3.56. The second-order valence-corrected chi connectivity index (χ2v) is 10.4. The number of fused-ring (bicyclic) bond motifs is 2. The van der Waals surface area contributed by atoms with Gasteiger partial charge < -0.3 is 32.9 Å². The first kappa shape index (κ1) is 25.3. The van der Waals surface area contributed by atoms with E-state index in [1.165, 1.54) is 0 Å². The molecule has 6 rings (SSSR count). The third-order valence-corrected chi connectivity index (χ3v) is 7.48. The minimum absolute atomic E-state index is 0.595. The Bertz CT molecular complexity index is 1680. The van der Waals surface area contributed by atoms with E-state index in [1.54, 1.807) is 0 Å². The SMILES string of the molecule is Nc1ccc(-c2ccc3nc(CCCCCCc4nc5ccc(-c6ccc(N)c(N)c6)cc5[nH]4)[nH]c3c2)cc1N. The van der Waals surface area contributed by atoms with E-state index in [4.69, 9.17) is 32.9 Å².